The molecular formula is C13H14Cl2N2O4. The van der Waals surface area contributed by atoms with Crippen molar-refractivity contribution in [3.8, 4) is 0 Å². The molecule has 5 N–H and O–H groups in total. The average Bonchev–Trinajstić information content (AvgIpc) is 2.93. The van der Waals surface area contributed by atoms with Gasteiger partial charge >= 0.3 is 5.69 Å². The van der Waals surface area contributed by atoms with Gasteiger partial charge in [-0.15, -0.1) is 0 Å². The number of hydrogen-bond donors (Lipinski definition) is 5. The minimum absolute atomic E-state index is 0.231. The summed E-state index contributed by atoms with van der Waals surface area (Å²) in [4.78, 5) is 16.7. The minimum atomic E-state index is -1.08. The van der Waals surface area contributed by atoms with Crippen LogP contribution in [0.3, 0.4) is 0 Å². The van der Waals surface area contributed by atoms with E-state index in [9.17, 15) is 20.1 Å². The maximum Gasteiger partial charge on any atom is 0.323 e. The summed E-state index contributed by atoms with van der Waals surface area (Å²) in [5.41, 5.74) is 1.03. The molecule has 4 atom stereocenters. The zero-order valence-corrected chi connectivity index (χ0v) is 12.3. The van der Waals surface area contributed by atoms with Crippen LogP contribution < -0.4 is 5.69 Å². The second kappa shape index (κ2) is 5.30. The topological polar surface area (TPSA) is 109 Å². The Morgan fingerprint density at radius 2 is 1.95 bits per heavy atom. The van der Waals surface area contributed by atoms with Crippen molar-refractivity contribution in [3.05, 3.63) is 32.2 Å². The number of H-pyrrole nitrogens is 2. The molecule has 0 amide bonds. The Morgan fingerprint density at radius 1 is 1.24 bits per heavy atom. The van der Waals surface area contributed by atoms with E-state index in [1.165, 1.54) is 6.07 Å². The van der Waals surface area contributed by atoms with Gasteiger partial charge < -0.3 is 25.3 Å². The summed E-state index contributed by atoms with van der Waals surface area (Å²) in [6.07, 6.45) is -1.78. The van der Waals surface area contributed by atoms with E-state index < -0.39 is 29.7 Å². The molecule has 0 spiro atoms. The van der Waals surface area contributed by atoms with E-state index in [0.717, 1.165) is 0 Å². The second-order valence-corrected chi connectivity index (χ2v) is 6.14. The van der Waals surface area contributed by atoms with Gasteiger partial charge in [-0.2, -0.15) is 0 Å². The molecule has 1 aromatic carbocycles. The molecule has 1 aliphatic carbocycles. The molecule has 1 aliphatic rings. The van der Waals surface area contributed by atoms with Gasteiger partial charge in [-0.1, -0.05) is 23.2 Å². The average molecular weight is 333 g/mol. The molecule has 1 fully saturated rings. The molecule has 21 heavy (non-hydrogen) atoms. The predicted molar refractivity (Wildman–Crippen MR) is 78.9 cm³/mol. The number of aromatic nitrogens is 2. The largest absolute Gasteiger partial charge is 0.396 e. The number of aliphatic hydroxyl groups is 3. The van der Waals surface area contributed by atoms with Crippen molar-refractivity contribution in [2.24, 2.45) is 5.92 Å². The van der Waals surface area contributed by atoms with Crippen LogP contribution in [0, 0.1) is 5.92 Å². The van der Waals surface area contributed by atoms with E-state index in [2.05, 4.69) is 9.97 Å². The number of benzene rings is 1. The summed E-state index contributed by atoms with van der Waals surface area (Å²) >= 11 is 12.3. The van der Waals surface area contributed by atoms with E-state index in [1.807, 2.05) is 0 Å². The van der Waals surface area contributed by atoms with Crippen molar-refractivity contribution in [1.29, 1.82) is 0 Å². The molecular weight excluding hydrogens is 319 g/mol. The van der Waals surface area contributed by atoms with Crippen LogP contribution in [0.5, 0.6) is 0 Å². The maximum absolute atomic E-state index is 11.5. The van der Waals surface area contributed by atoms with E-state index in [1.54, 1.807) is 0 Å². The fourth-order valence-corrected chi connectivity index (χ4v) is 3.59. The molecule has 1 heterocycles. The third kappa shape index (κ3) is 2.27. The Balaban J connectivity index is 2.20. The SMILES string of the molecule is O=c1[nH]c2cc(Cl)c(Cl)c([C@H]3C[C@H](CO)[C@@H](O)[C@H]3O)c2[nH]1. The second-order valence-electron chi connectivity index (χ2n) is 5.35. The fourth-order valence-electron chi connectivity index (χ4n) is 3.09. The van der Waals surface area contributed by atoms with Gasteiger partial charge in [0.1, 0.15) is 0 Å². The van der Waals surface area contributed by atoms with Crippen molar-refractivity contribution < 1.29 is 15.3 Å². The molecule has 8 heteroatoms. The van der Waals surface area contributed by atoms with Crippen molar-refractivity contribution in [2.75, 3.05) is 6.61 Å². The number of aliphatic hydroxyl groups excluding tert-OH is 3. The Bertz CT molecular complexity index is 742. The lowest BCUT2D eigenvalue weighted by molar-refractivity contribution is 0.00242. The van der Waals surface area contributed by atoms with Crippen molar-refractivity contribution in [1.82, 2.24) is 9.97 Å². The summed E-state index contributed by atoms with van der Waals surface area (Å²) in [5.74, 6) is -0.960. The van der Waals surface area contributed by atoms with Crippen molar-refractivity contribution in [2.45, 2.75) is 24.5 Å². The van der Waals surface area contributed by atoms with Crippen LogP contribution in [0.25, 0.3) is 11.0 Å². The first kappa shape index (κ1) is 14.9. The van der Waals surface area contributed by atoms with Crippen LogP contribution in [0.1, 0.15) is 17.9 Å². The number of imidazole rings is 1. The quantitative estimate of drug-likeness (QED) is 0.564. The van der Waals surface area contributed by atoms with Crippen LogP contribution in [0.15, 0.2) is 10.9 Å². The zero-order chi connectivity index (χ0) is 15.3. The number of fused-ring (bicyclic) bond motifs is 1. The summed E-state index contributed by atoms with van der Waals surface area (Å²) in [5, 5.41) is 29.9. The monoisotopic (exact) mass is 332 g/mol. The van der Waals surface area contributed by atoms with Gasteiger partial charge in [-0.25, -0.2) is 4.79 Å². The highest BCUT2D eigenvalue weighted by Crippen LogP contribution is 2.45. The van der Waals surface area contributed by atoms with Crippen molar-refractivity contribution in [3.63, 3.8) is 0 Å². The number of halogens is 2. The predicted octanol–water partition coefficient (Wildman–Crippen LogP) is 0.981. The number of rotatable bonds is 2. The van der Waals surface area contributed by atoms with Gasteiger partial charge in [-0.05, 0) is 12.5 Å². The highest BCUT2D eigenvalue weighted by molar-refractivity contribution is 6.43. The van der Waals surface area contributed by atoms with Gasteiger partial charge in [0.25, 0.3) is 0 Å². The molecule has 1 aromatic heterocycles. The normalized spacial score (nSPS) is 29.4. The Hall–Kier alpha value is -1.05. The van der Waals surface area contributed by atoms with Crippen LogP contribution in [0.2, 0.25) is 10.0 Å². The molecule has 114 valence electrons. The van der Waals surface area contributed by atoms with E-state index in [4.69, 9.17) is 23.2 Å². The van der Waals surface area contributed by atoms with Crippen LogP contribution in [-0.4, -0.2) is 44.1 Å². The third-order valence-corrected chi connectivity index (χ3v) is 4.95. The third-order valence-electron chi connectivity index (χ3n) is 4.15. The lowest BCUT2D eigenvalue weighted by atomic mass is 9.93. The smallest absolute Gasteiger partial charge is 0.323 e. The molecule has 6 nitrogen and oxygen atoms in total. The Labute approximate surface area is 129 Å². The highest BCUT2D eigenvalue weighted by atomic mass is 35.5. The summed E-state index contributed by atoms with van der Waals surface area (Å²) in [7, 11) is 0. The number of nitrogens with one attached hydrogen (secondary N) is 2. The summed E-state index contributed by atoms with van der Waals surface area (Å²) in [6.45, 7) is -0.236. The van der Waals surface area contributed by atoms with Crippen molar-refractivity contribution >= 4 is 34.2 Å². The maximum atomic E-state index is 11.5. The van der Waals surface area contributed by atoms with E-state index in [0.29, 0.717) is 23.0 Å². The molecule has 0 unspecified atom stereocenters. The first-order valence-corrected chi connectivity index (χ1v) is 7.26. The van der Waals surface area contributed by atoms with Gasteiger partial charge in [0, 0.05) is 24.0 Å². The van der Waals surface area contributed by atoms with Gasteiger partial charge in [-0.3, -0.25) is 0 Å². The van der Waals surface area contributed by atoms with E-state index in [-0.39, 0.29) is 16.7 Å². The molecule has 0 saturated heterocycles. The van der Waals surface area contributed by atoms with Crippen LogP contribution >= 0.6 is 23.2 Å². The first-order valence-electron chi connectivity index (χ1n) is 6.51. The summed E-state index contributed by atoms with van der Waals surface area (Å²) in [6, 6.07) is 1.53. The molecule has 2 aromatic rings. The molecule has 1 saturated carbocycles. The zero-order valence-electron chi connectivity index (χ0n) is 10.8. The van der Waals surface area contributed by atoms with Gasteiger partial charge in [0.2, 0.25) is 0 Å². The molecule has 3 rings (SSSR count). The fraction of sp³-hybridized carbons (Fsp3) is 0.462. The number of hydrogen-bond acceptors (Lipinski definition) is 4. The van der Waals surface area contributed by atoms with Gasteiger partial charge in [0.15, 0.2) is 0 Å². The van der Waals surface area contributed by atoms with Gasteiger partial charge in [0.05, 0.1) is 33.3 Å². The van der Waals surface area contributed by atoms with E-state index >= 15 is 0 Å². The molecule has 0 bridgehead atoms. The first-order chi connectivity index (χ1) is 9.93. The summed E-state index contributed by atoms with van der Waals surface area (Å²) < 4.78 is 0. The number of aromatic amines is 2. The lowest BCUT2D eigenvalue weighted by Crippen LogP contribution is -2.29. The highest BCUT2D eigenvalue weighted by Gasteiger charge is 2.43. The molecule has 0 radical (unpaired) electrons. The Morgan fingerprint density at radius 3 is 2.57 bits per heavy atom. The van der Waals surface area contributed by atoms with Crippen LogP contribution in [-0.2, 0) is 0 Å². The lowest BCUT2D eigenvalue weighted by Gasteiger charge is -2.19. The Kier molecular flexibility index (Phi) is 3.75. The standard InChI is InChI=1S/C13H14Cl2N2O4/c14-6-2-7-10(17-13(21)16-7)8(9(6)15)5-1-4(3-18)11(19)12(5)20/h2,4-5,11-12,18-20H,1,3H2,(H2,16,17,21)/t4-,5-,11-,12+/m1/s1. The molecule has 0 aliphatic heterocycles. The minimum Gasteiger partial charge on any atom is -0.396 e. The van der Waals surface area contributed by atoms with Crippen LogP contribution in [0.4, 0.5) is 0 Å².